The van der Waals surface area contributed by atoms with Gasteiger partial charge in [0.25, 0.3) is 0 Å². The van der Waals surface area contributed by atoms with Crippen molar-refractivity contribution in [1.29, 1.82) is 0 Å². The lowest BCUT2D eigenvalue weighted by molar-refractivity contribution is 0.580. The number of nitrogens with one attached hydrogen (secondary N) is 2. The van der Waals surface area contributed by atoms with Gasteiger partial charge in [0.1, 0.15) is 0 Å². The van der Waals surface area contributed by atoms with Crippen LogP contribution in [-0.4, -0.2) is 13.6 Å². The van der Waals surface area contributed by atoms with Crippen molar-refractivity contribution in [3.63, 3.8) is 0 Å². The van der Waals surface area contributed by atoms with E-state index in [4.69, 9.17) is 0 Å². The Balaban J connectivity index is 0.000000301. The van der Waals surface area contributed by atoms with E-state index in [0.29, 0.717) is 11.8 Å². The molecular formula is C44H56N2. The van der Waals surface area contributed by atoms with Gasteiger partial charge in [-0.05, 0) is 79.8 Å². The van der Waals surface area contributed by atoms with Crippen LogP contribution in [0.5, 0.6) is 0 Å². The van der Waals surface area contributed by atoms with E-state index < -0.39 is 0 Å². The van der Waals surface area contributed by atoms with E-state index >= 15 is 0 Å². The topological polar surface area (TPSA) is 24.1 Å². The molecule has 2 heteroatoms. The van der Waals surface area contributed by atoms with Gasteiger partial charge in [-0.1, -0.05) is 166 Å². The monoisotopic (exact) mass is 612 g/mol. The maximum absolute atomic E-state index is 4.23. The molecular weight excluding hydrogens is 556 g/mol. The Morgan fingerprint density at radius 2 is 1.39 bits per heavy atom. The van der Waals surface area contributed by atoms with Crippen LogP contribution in [0, 0.1) is 25.7 Å². The molecule has 0 fully saturated rings. The number of aryl methyl sites for hydroxylation is 2. The first-order valence-corrected chi connectivity index (χ1v) is 16.4. The van der Waals surface area contributed by atoms with Crippen molar-refractivity contribution in [2.75, 3.05) is 13.6 Å². The highest BCUT2D eigenvalue weighted by atomic mass is 14.9. The average molecular weight is 613 g/mol. The van der Waals surface area contributed by atoms with Crippen LogP contribution >= 0.6 is 0 Å². The molecule has 4 aromatic carbocycles. The second kappa shape index (κ2) is 22.2. The molecule has 0 aliphatic carbocycles. The molecule has 2 N–H and O–H groups in total. The van der Waals surface area contributed by atoms with E-state index in [1.54, 1.807) is 0 Å². The van der Waals surface area contributed by atoms with Crippen molar-refractivity contribution < 1.29 is 0 Å². The molecule has 0 saturated carbocycles. The predicted octanol–water partition coefficient (Wildman–Crippen LogP) is 11.4. The lowest BCUT2D eigenvalue weighted by atomic mass is 9.92. The molecule has 0 aromatic heterocycles. The van der Waals surface area contributed by atoms with E-state index in [2.05, 4.69) is 149 Å². The van der Waals surface area contributed by atoms with E-state index in [9.17, 15) is 0 Å². The first kappa shape index (κ1) is 37.8. The van der Waals surface area contributed by atoms with Crippen LogP contribution in [0.25, 0.3) is 17.2 Å². The molecule has 0 amide bonds. The molecule has 0 aliphatic rings. The zero-order chi connectivity index (χ0) is 33.6. The van der Waals surface area contributed by atoms with Crippen molar-refractivity contribution >= 4 is 6.08 Å². The Bertz CT molecular complexity index is 1450. The van der Waals surface area contributed by atoms with Gasteiger partial charge in [0.2, 0.25) is 0 Å². The molecule has 0 spiro atoms. The number of rotatable bonds is 14. The summed E-state index contributed by atoms with van der Waals surface area (Å²) < 4.78 is 0. The Hall–Kier alpha value is -4.40. The Morgan fingerprint density at radius 1 is 0.783 bits per heavy atom. The third-order valence-corrected chi connectivity index (χ3v) is 7.38. The maximum Gasteiger partial charge on any atom is 0.0398 e. The molecule has 0 saturated heterocycles. The summed E-state index contributed by atoms with van der Waals surface area (Å²) in [6.45, 7) is 22.5. The highest BCUT2D eigenvalue weighted by Gasteiger charge is 2.07. The molecule has 0 heterocycles. The summed E-state index contributed by atoms with van der Waals surface area (Å²) in [7, 11) is 1.91. The third kappa shape index (κ3) is 16.1. The number of allylic oxidation sites excluding steroid dienone is 3. The standard InChI is InChI=1S/C26H32.C11H16N2.C7H8/c1-6-23(18-21(4)17-20(2)3)11-10-12-24-15-16-26(22(5)19-24)25-13-8-7-9-14-25;1-10(8-12-2)13-9-11-6-4-3-5-7-11;1-7-5-3-2-4-6-7/h6-10,12-16,19-20,23H,1,4,11,17-18H2,2-3,5H3;3-7,12-13H,1,8-9H2,2H3;2-6H,1H3/b12-10+;;. The molecule has 0 bridgehead atoms. The van der Waals surface area contributed by atoms with Gasteiger partial charge in [0.05, 0.1) is 0 Å². The van der Waals surface area contributed by atoms with Crippen LogP contribution in [-0.2, 0) is 6.54 Å². The zero-order valence-corrected chi connectivity index (χ0v) is 28.9. The van der Waals surface area contributed by atoms with Crippen LogP contribution in [0.3, 0.4) is 0 Å². The molecule has 0 radical (unpaired) electrons. The maximum atomic E-state index is 4.23. The molecule has 242 valence electrons. The van der Waals surface area contributed by atoms with Crippen molar-refractivity contribution in [1.82, 2.24) is 10.6 Å². The molecule has 0 aliphatic heterocycles. The number of hydrogen-bond acceptors (Lipinski definition) is 2. The highest BCUT2D eigenvalue weighted by molar-refractivity contribution is 5.69. The van der Waals surface area contributed by atoms with Crippen LogP contribution in [0.15, 0.2) is 152 Å². The predicted molar refractivity (Wildman–Crippen MR) is 205 cm³/mol. The summed E-state index contributed by atoms with van der Waals surface area (Å²) >= 11 is 0. The Kier molecular flexibility index (Phi) is 18.2. The fourth-order valence-corrected chi connectivity index (χ4v) is 5.04. The smallest absolute Gasteiger partial charge is 0.0398 e. The minimum Gasteiger partial charge on any atom is -0.384 e. The van der Waals surface area contributed by atoms with Gasteiger partial charge in [0, 0.05) is 18.8 Å². The van der Waals surface area contributed by atoms with Crippen molar-refractivity contribution in [3.8, 4) is 11.1 Å². The normalized spacial score (nSPS) is 11.1. The van der Waals surface area contributed by atoms with Crippen LogP contribution in [0.2, 0.25) is 0 Å². The summed E-state index contributed by atoms with van der Waals surface area (Å²) in [5.74, 6) is 1.15. The van der Waals surface area contributed by atoms with Crippen molar-refractivity contribution in [2.24, 2.45) is 11.8 Å². The highest BCUT2D eigenvalue weighted by Crippen LogP contribution is 2.25. The first-order valence-electron chi connectivity index (χ1n) is 16.4. The molecule has 2 nitrogen and oxygen atoms in total. The molecule has 4 aromatic rings. The van der Waals surface area contributed by atoms with Crippen LogP contribution < -0.4 is 10.6 Å². The number of benzene rings is 4. The number of hydrogen-bond donors (Lipinski definition) is 2. The van der Waals surface area contributed by atoms with Crippen molar-refractivity contribution in [3.05, 3.63) is 175 Å². The summed E-state index contributed by atoms with van der Waals surface area (Å²) in [5, 5.41) is 6.28. The van der Waals surface area contributed by atoms with Crippen LogP contribution in [0.1, 0.15) is 55.4 Å². The Morgan fingerprint density at radius 3 is 1.91 bits per heavy atom. The van der Waals surface area contributed by atoms with Gasteiger partial charge in [-0.2, -0.15) is 0 Å². The lowest BCUT2D eigenvalue weighted by Gasteiger charge is -2.14. The summed E-state index contributed by atoms with van der Waals surface area (Å²) in [4.78, 5) is 0. The SMILES string of the molecule is C=C(CNC)NCc1ccccc1.C=CC(C/C=C/c1ccc(-c2ccccc2)c(C)c1)CC(=C)CC(C)C.Cc1ccccc1. The van der Waals surface area contributed by atoms with Gasteiger partial charge >= 0.3 is 0 Å². The number of likely N-dealkylation sites (N-methyl/N-ethyl adjacent to an activating group) is 1. The van der Waals surface area contributed by atoms with Crippen LogP contribution in [0.4, 0.5) is 0 Å². The van der Waals surface area contributed by atoms with Gasteiger partial charge in [0.15, 0.2) is 0 Å². The molecule has 4 rings (SSSR count). The second-order valence-corrected chi connectivity index (χ2v) is 12.3. The zero-order valence-electron chi connectivity index (χ0n) is 28.9. The summed E-state index contributed by atoms with van der Waals surface area (Å²) in [6, 6.07) is 37.8. The minimum absolute atomic E-state index is 0.474. The molecule has 1 atom stereocenters. The van der Waals surface area contributed by atoms with Gasteiger partial charge in [-0.3, -0.25) is 0 Å². The quantitative estimate of drug-likeness (QED) is 0.138. The van der Waals surface area contributed by atoms with Gasteiger partial charge < -0.3 is 10.6 Å². The van der Waals surface area contributed by atoms with Crippen molar-refractivity contribution in [2.45, 2.75) is 53.5 Å². The summed E-state index contributed by atoms with van der Waals surface area (Å²) in [6.07, 6.45) is 9.72. The minimum atomic E-state index is 0.474. The lowest BCUT2D eigenvalue weighted by Crippen LogP contribution is -2.21. The van der Waals surface area contributed by atoms with E-state index in [1.165, 1.54) is 39.0 Å². The second-order valence-electron chi connectivity index (χ2n) is 12.3. The summed E-state index contributed by atoms with van der Waals surface area (Å²) in [5.41, 5.74) is 10.1. The largest absolute Gasteiger partial charge is 0.384 e. The third-order valence-electron chi connectivity index (χ3n) is 7.38. The fraction of sp³-hybridized carbons (Fsp3) is 0.273. The van der Waals surface area contributed by atoms with E-state index in [-0.39, 0.29) is 0 Å². The van der Waals surface area contributed by atoms with Gasteiger partial charge in [-0.25, -0.2) is 0 Å². The Labute approximate surface area is 280 Å². The first-order chi connectivity index (χ1) is 22.2. The fourth-order valence-electron chi connectivity index (χ4n) is 5.04. The van der Waals surface area contributed by atoms with Gasteiger partial charge in [-0.15, -0.1) is 6.58 Å². The van der Waals surface area contributed by atoms with E-state index in [0.717, 1.165) is 38.0 Å². The molecule has 1 unspecified atom stereocenters. The molecule has 46 heavy (non-hydrogen) atoms. The van der Waals surface area contributed by atoms with E-state index in [1.807, 2.05) is 43.4 Å². The average Bonchev–Trinajstić information content (AvgIpc) is 3.05.